The Hall–Kier alpha value is -0.570. The summed E-state index contributed by atoms with van der Waals surface area (Å²) in [4.78, 5) is 11.8. The molecule has 0 aliphatic heterocycles. The molecule has 0 spiro atoms. The third-order valence-electron chi connectivity index (χ3n) is 3.40. The summed E-state index contributed by atoms with van der Waals surface area (Å²) in [5, 5.41) is 3.00. The lowest BCUT2D eigenvalue weighted by molar-refractivity contribution is -0.125. The van der Waals surface area contributed by atoms with Gasteiger partial charge in [-0.15, -0.1) is 0 Å². The minimum absolute atomic E-state index is 0.0362. The Kier molecular flexibility index (Phi) is 10.0. The Bertz CT molecular complexity index is 215. The first kappa shape index (κ1) is 17.4. The van der Waals surface area contributed by atoms with Gasteiger partial charge >= 0.3 is 0 Å². The van der Waals surface area contributed by atoms with Gasteiger partial charge in [-0.2, -0.15) is 0 Å². The first-order valence-electron chi connectivity index (χ1n) is 7.46. The molecule has 0 aromatic carbocycles. The minimum atomic E-state index is -0.0362. The highest BCUT2D eigenvalue weighted by atomic mass is 16.1. The van der Waals surface area contributed by atoms with E-state index >= 15 is 0 Å². The Morgan fingerprint density at radius 3 is 2.17 bits per heavy atom. The first-order chi connectivity index (χ1) is 8.49. The molecular formula is C15H32N2O. The number of rotatable bonds is 10. The molecule has 0 fully saturated rings. The van der Waals surface area contributed by atoms with Crippen molar-refractivity contribution in [2.45, 2.75) is 59.8 Å². The lowest BCUT2D eigenvalue weighted by Gasteiger charge is -2.18. The molecule has 0 aliphatic carbocycles. The van der Waals surface area contributed by atoms with Gasteiger partial charge in [0.2, 0.25) is 5.91 Å². The summed E-state index contributed by atoms with van der Waals surface area (Å²) < 4.78 is 0. The molecule has 0 aromatic rings. The van der Waals surface area contributed by atoms with Crippen molar-refractivity contribution >= 4 is 5.91 Å². The molecule has 3 N–H and O–H groups in total. The molecule has 0 saturated carbocycles. The second kappa shape index (κ2) is 10.4. The minimum Gasteiger partial charge on any atom is -0.356 e. The van der Waals surface area contributed by atoms with Crippen LogP contribution in [0.1, 0.15) is 59.8 Å². The van der Waals surface area contributed by atoms with Crippen molar-refractivity contribution in [3.63, 3.8) is 0 Å². The van der Waals surface area contributed by atoms with E-state index in [1.54, 1.807) is 0 Å². The second-order valence-corrected chi connectivity index (χ2v) is 5.97. The van der Waals surface area contributed by atoms with E-state index in [1.165, 1.54) is 25.7 Å². The number of nitrogens with two attached hydrogens (primary N) is 1. The van der Waals surface area contributed by atoms with E-state index in [2.05, 4.69) is 19.2 Å². The van der Waals surface area contributed by atoms with Crippen LogP contribution in [0.3, 0.4) is 0 Å². The molecule has 3 heteroatoms. The summed E-state index contributed by atoms with van der Waals surface area (Å²) in [5.74, 6) is 1.21. The van der Waals surface area contributed by atoms with Crippen LogP contribution in [0.5, 0.6) is 0 Å². The normalized spacial score (nSPS) is 13.1. The summed E-state index contributed by atoms with van der Waals surface area (Å²) in [6.45, 7) is 9.85. The molecule has 0 aliphatic rings. The average molecular weight is 256 g/mol. The van der Waals surface area contributed by atoms with Crippen LogP contribution in [0, 0.1) is 17.8 Å². The van der Waals surface area contributed by atoms with E-state index < -0.39 is 0 Å². The smallest absolute Gasteiger partial charge is 0.224 e. The summed E-state index contributed by atoms with van der Waals surface area (Å²) >= 11 is 0. The van der Waals surface area contributed by atoms with Gasteiger partial charge in [0.25, 0.3) is 0 Å². The van der Waals surface area contributed by atoms with Gasteiger partial charge in [-0.1, -0.05) is 53.4 Å². The van der Waals surface area contributed by atoms with Gasteiger partial charge in [0.05, 0.1) is 5.92 Å². The highest BCUT2D eigenvalue weighted by Crippen LogP contribution is 2.10. The standard InChI is InChI=1S/C15H32N2O/c1-12(2)9-7-5-6-8-10-17-15(18)14(11-16)13(3)4/h12-14H,5-11,16H2,1-4H3,(H,17,18). The summed E-state index contributed by atoms with van der Waals surface area (Å²) in [5.41, 5.74) is 5.61. The van der Waals surface area contributed by atoms with E-state index in [9.17, 15) is 4.79 Å². The van der Waals surface area contributed by atoms with Crippen molar-refractivity contribution < 1.29 is 4.79 Å². The molecule has 0 aromatic heterocycles. The maximum Gasteiger partial charge on any atom is 0.224 e. The van der Waals surface area contributed by atoms with Crippen molar-refractivity contribution in [3.8, 4) is 0 Å². The zero-order valence-corrected chi connectivity index (χ0v) is 12.7. The number of nitrogens with one attached hydrogen (secondary N) is 1. The van der Waals surface area contributed by atoms with Crippen LogP contribution < -0.4 is 11.1 Å². The van der Waals surface area contributed by atoms with Gasteiger partial charge in [-0.05, 0) is 18.3 Å². The monoisotopic (exact) mass is 256 g/mol. The van der Waals surface area contributed by atoms with Crippen LogP contribution >= 0.6 is 0 Å². The molecule has 0 rings (SSSR count). The number of carbonyl (C=O) groups excluding carboxylic acids is 1. The van der Waals surface area contributed by atoms with Gasteiger partial charge in [-0.25, -0.2) is 0 Å². The van der Waals surface area contributed by atoms with Gasteiger partial charge in [0.1, 0.15) is 0 Å². The molecule has 0 bridgehead atoms. The SMILES string of the molecule is CC(C)CCCCCCNC(=O)C(CN)C(C)C. The Labute approximate surface area is 113 Å². The zero-order valence-electron chi connectivity index (χ0n) is 12.7. The van der Waals surface area contributed by atoms with Crippen LogP contribution in [0.4, 0.5) is 0 Å². The number of hydrogen-bond donors (Lipinski definition) is 2. The summed E-state index contributed by atoms with van der Waals surface area (Å²) in [6, 6.07) is 0. The van der Waals surface area contributed by atoms with Crippen LogP contribution in [-0.4, -0.2) is 19.0 Å². The molecule has 0 radical (unpaired) electrons. The molecule has 1 amide bonds. The highest BCUT2D eigenvalue weighted by molar-refractivity contribution is 5.79. The lowest BCUT2D eigenvalue weighted by Crippen LogP contribution is -2.38. The van der Waals surface area contributed by atoms with E-state index in [1.807, 2.05) is 13.8 Å². The van der Waals surface area contributed by atoms with E-state index in [0.29, 0.717) is 12.5 Å². The fourth-order valence-electron chi connectivity index (χ4n) is 2.06. The molecule has 0 saturated heterocycles. The van der Waals surface area contributed by atoms with Crippen LogP contribution in [0.2, 0.25) is 0 Å². The molecular weight excluding hydrogens is 224 g/mol. The Morgan fingerprint density at radius 1 is 1.06 bits per heavy atom. The number of hydrogen-bond acceptors (Lipinski definition) is 2. The lowest BCUT2D eigenvalue weighted by atomic mass is 9.95. The Morgan fingerprint density at radius 2 is 1.67 bits per heavy atom. The van der Waals surface area contributed by atoms with E-state index in [0.717, 1.165) is 18.9 Å². The molecule has 1 atom stereocenters. The zero-order chi connectivity index (χ0) is 14.0. The van der Waals surface area contributed by atoms with Crippen molar-refractivity contribution in [1.29, 1.82) is 0 Å². The topological polar surface area (TPSA) is 55.1 Å². The number of amides is 1. The van der Waals surface area contributed by atoms with Gasteiger partial charge in [0, 0.05) is 13.1 Å². The fraction of sp³-hybridized carbons (Fsp3) is 0.933. The van der Waals surface area contributed by atoms with E-state index in [4.69, 9.17) is 5.73 Å². The van der Waals surface area contributed by atoms with Crippen molar-refractivity contribution in [2.24, 2.45) is 23.5 Å². The predicted octanol–water partition coefficient (Wildman–Crippen LogP) is 2.94. The molecule has 0 heterocycles. The predicted molar refractivity (Wildman–Crippen MR) is 78.3 cm³/mol. The molecule has 1 unspecified atom stereocenters. The first-order valence-corrected chi connectivity index (χ1v) is 7.46. The van der Waals surface area contributed by atoms with Crippen molar-refractivity contribution in [3.05, 3.63) is 0 Å². The van der Waals surface area contributed by atoms with Gasteiger partial charge < -0.3 is 11.1 Å². The second-order valence-electron chi connectivity index (χ2n) is 5.97. The number of carbonyl (C=O) groups is 1. The van der Waals surface area contributed by atoms with Crippen LogP contribution in [0.25, 0.3) is 0 Å². The third kappa shape index (κ3) is 8.51. The fourth-order valence-corrected chi connectivity index (χ4v) is 2.06. The maximum atomic E-state index is 11.8. The van der Waals surface area contributed by atoms with Crippen molar-refractivity contribution in [1.82, 2.24) is 5.32 Å². The van der Waals surface area contributed by atoms with Gasteiger partial charge in [0.15, 0.2) is 0 Å². The highest BCUT2D eigenvalue weighted by Gasteiger charge is 2.19. The van der Waals surface area contributed by atoms with Crippen molar-refractivity contribution in [2.75, 3.05) is 13.1 Å². The van der Waals surface area contributed by atoms with E-state index in [-0.39, 0.29) is 11.8 Å². The molecule has 108 valence electrons. The van der Waals surface area contributed by atoms with Gasteiger partial charge in [-0.3, -0.25) is 4.79 Å². The quantitative estimate of drug-likeness (QED) is 0.590. The van der Waals surface area contributed by atoms with Crippen LogP contribution in [-0.2, 0) is 4.79 Å². The summed E-state index contributed by atoms with van der Waals surface area (Å²) in [6.07, 6.45) is 6.19. The van der Waals surface area contributed by atoms with Crippen LogP contribution in [0.15, 0.2) is 0 Å². The summed E-state index contributed by atoms with van der Waals surface area (Å²) in [7, 11) is 0. The third-order valence-corrected chi connectivity index (χ3v) is 3.40. The maximum absolute atomic E-state index is 11.8. The Balaban J connectivity index is 3.51. The largest absolute Gasteiger partial charge is 0.356 e. The average Bonchev–Trinajstić information content (AvgIpc) is 2.27. The molecule has 3 nitrogen and oxygen atoms in total. The molecule has 18 heavy (non-hydrogen) atoms. The number of unbranched alkanes of at least 4 members (excludes halogenated alkanes) is 3.